The summed E-state index contributed by atoms with van der Waals surface area (Å²) in [5.74, 6) is 0.406. The Morgan fingerprint density at radius 2 is 2.18 bits per heavy atom. The monoisotopic (exact) mass is 253 g/mol. The van der Waals surface area contributed by atoms with E-state index in [0.717, 1.165) is 24.4 Å². The topological polar surface area (TPSA) is 38.3 Å². The molecule has 0 aromatic heterocycles. The lowest BCUT2D eigenvalue weighted by Crippen LogP contribution is -2.34. The van der Waals surface area contributed by atoms with Gasteiger partial charge in [0.1, 0.15) is 0 Å². The van der Waals surface area contributed by atoms with Gasteiger partial charge in [-0.2, -0.15) is 0 Å². The molecule has 2 rings (SSSR count). The highest BCUT2D eigenvalue weighted by atomic mass is 35.5. The van der Waals surface area contributed by atoms with Crippen molar-refractivity contribution in [2.45, 2.75) is 25.8 Å². The molecule has 92 valence electrons. The molecule has 3 nitrogen and oxygen atoms in total. The molecule has 17 heavy (non-hydrogen) atoms. The number of esters is 1. The van der Waals surface area contributed by atoms with Gasteiger partial charge in [0.25, 0.3) is 0 Å². The average molecular weight is 254 g/mol. The zero-order valence-electron chi connectivity index (χ0n) is 10.00. The number of rotatable bonds is 3. The number of benzene rings is 1. The zero-order chi connectivity index (χ0) is 12.4. The number of hydrogen-bond donors (Lipinski definition) is 1. The first-order valence-corrected chi connectivity index (χ1v) is 6.12. The second kappa shape index (κ2) is 4.96. The fraction of sp³-hybridized carbons (Fsp3) is 0.462. The van der Waals surface area contributed by atoms with Gasteiger partial charge in [-0.25, -0.2) is 4.79 Å². The summed E-state index contributed by atoms with van der Waals surface area (Å²) in [6.07, 6.45) is 2.28. The number of halogens is 1. The third-order valence-electron chi connectivity index (χ3n) is 3.12. The summed E-state index contributed by atoms with van der Waals surface area (Å²) in [5, 5.41) is 3.90. The van der Waals surface area contributed by atoms with Crippen molar-refractivity contribution in [1.29, 1.82) is 0 Å². The maximum atomic E-state index is 11.6. The molecular formula is C13H16ClNO2. The molecule has 0 radical (unpaired) electrons. The van der Waals surface area contributed by atoms with Crippen LogP contribution >= 0.6 is 11.6 Å². The Labute approximate surface area is 106 Å². The van der Waals surface area contributed by atoms with Crippen LogP contribution in [0.15, 0.2) is 18.2 Å². The summed E-state index contributed by atoms with van der Waals surface area (Å²) in [7, 11) is 1.37. The van der Waals surface area contributed by atoms with Crippen LogP contribution in [-0.2, 0) is 4.74 Å². The molecule has 0 spiro atoms. The van der Waals surface area contributed by atoms with Crippen molar-refractivity contribution >= 4 is 23.3 Å². The van der Waals surface area contributed by atoms with Crippen molar-refractivity contribution in [2.75, 3.05) is 12.4 Å². The first kappa shape index (κ1) is 12.2. The van der Waals surface area contributed by atoms with Gasteiger partial charge < -0.3 is 10.1 Å². The fourth-order valence-electron chi connectivity index (χ4n) is 2.16. The average Bonchev–Trinajstić information content (AvgIpc) is 2.28. The van der Waals surface area contributed by atoms with Gasteiger partial charge in [0.15, 0.2) is 0 Å². The van der Waals surface area contributed by atoms with Gasteiger partial charge in [-0.05, 0) is 37.0 Å². The Hall–Kier alpha value is -1.22. The third kappa shape index (κ3) is 2.72. The molecule has 1 aromatic carbocycles. The smallest absolute Gasteiger partial charge is 0.340 e. The largest absolute Gasteiger partial charge is 0.465 e. The summed E-state index contributed by atoms with van der Waals surface area (Å²) < 4.78 is 4.75. The van der Waals surface area contributed by atoms with Crippen molar-refractivity contribution in [3.63, 3.8) is 0 Å². The summed E-state index contributed by atoms with van der Waals surface area (Å²) in [5.41, 5.74) is 1.30. The number of anilines is 1. The Morgan fingerprint density at radius 1 is 1.47 bits per heavy atom. The molecular weight excluding hydrogens is 238 g/mol. The van der Waals surface area contributed by atoms with Gasteiger partial charge in [-0.1, -0.05) is 18.5 Å². The molecule has 1 aromatic rings. The van der Waals surface area contributed by atoms with Crippen LogP contribution in [0.1, 0.15) is 30.1 Å². The van der Waals surface area contributed by atoms with Crippen molar-refractivity contribution in [2.24, 2.45) is 5.92 Å². The molecule has 0 atom stereocenters. The molecule has 0 bridgehead atoms. The first-order valence-electron chi connectivity index (χ1n) is 5.74. The van der Waals surface area contributed by atoms with Crippen molar-refractivity contribution < 1.29 is 9.53 Å². The minimum absolute atomic E-state index is 0.359. The van der Waals surface area contributed by atoms with Crippen LogP contribution < -0.4 is 5.32 Å². The van der Waals surface area contributed by atoms with Gasteiger partial charge >= 0.3 is 5.97 Å². The number of carbonyl (C=O) groups excluding carboxylic acids is 1. The Balaban J connectivity index is 2.17. The normalized spacial score (nSPS) is 22.8. The minimum atomic E-state index is -0.359. The summed E-state index contributed by atoms with van der Waals surface area (Å²) in [4.78, 5) is 11.6. The molecule has 1 saturated carbocycles. The van der Waals surface area contributed by atoms with Crippen LogP contribution in [0.25, 0.3) is 0 Å². The highest BCUT2D eigenvalue weighted by Crippen LogP contribution is 2.31. The number of carbonyl (C=O) groups is 1. The number of methoxy groups -OCH3 is 1. The van der Waals surface area contributed by atoms with Crippen LogP contribution in [0.3, 0.4) is 0 Å². The zero-order valence-corrected chi connectivity index (χ0v) is 10.8. The van der Waals surface area contributed by atoms with Gasteiger partial charge in [0.2, 0.25) is 0 Å². The molecule has 0 heterocycles. The highest BCUT2D eigenvalue weighted by Gasteiger charge is 2.26. The van der Waals surface area contributed by atoms with E-state index in [1.54, 1.807) is 12.1 Å². The molecule has 4 heteroatoms. The molecule has 0 unspecified atom stereocenters. The lowest BCUT2D eigenvalue weighted by Gasteiger charge is -2.34. The van der Waals surface area contributed by atoms with E-state index in [-0.39, 0.29) is 5.97 Å². The van der Waals surface area contributed by atoms with Crippen LogP contribution in [-0.4, -0.2) is 19.1 Å². The lowest BCUT2D eigenvalue weighted by molar-refractivity contribution is 0.0601. The van der Waals surface area contributed by atoms with E-state index in [2.05, 4.69) is 12.2 Å². The van der Waals surface area contributed by atoms with E-state index in [4.69, 9.17) is 16.3 Å². The number of nitrogens with one attached hydrogen (secondary N) is 1. The summed E-state index contributed by atoms with van der Waals surface area (Å²) >= 11 is 5.89. The van der Waals surface area contributed by atoms with Gasteiger partial charge in [0, 0.05) is 16.8 Å². The maximum Gasteiger partial charge on any atom is 0.340 e. The molecule has 1 N–H and O–H groups in total. The van der Waals surface area contributed by atoms with E-state index < -0.39 is 0 Å². The molecule has 1 fully saturated rings. The van der Waals surface area contributed by atoms with E-state index in [1.807, 2.05) is 6.07 Å². The second-order valence-electron chi connectivity index (χ2n) is 4.60. The highest BCUT2D eigenvalue weighted by molar-refractivity contribution is 6.31. The maximum absolute atomic E-state index is 11.6. The van der Waals surface area contributed by atoms with Crippen LogP contribution in [0, 0.1) is 5.92 Å². The lowest BCUT2D eigenvalue weighted by atomic mass is 9.81. The predicted octanol–water partition coefficient (Wildman–Crippen LogP) is 3.34. The number of ether oxygens (including phenoxy) is 1. The van der Waals surface area contributed by atoms with E-state index in [9.17, 15) is 4.79 Å². The van der Waals surface area contributed by atoms with E-state index in [0.29, 0.717) is 16.6 Å². The summed E-state index contributed by atoms with van der Waals surface area (Å²) in [6, 6.07) is 5.70. The van der Waals surface area contributed by atoms with Crippen LogP contribution in [0.4, 0.5) is 5.69 Å². The predicted molar refractivity (Wildman–Crippen MR) is 68.6 cm³/mol. The van der Waals surface area contributed by atoms with Crippen molar-refractivity contribution in [3.8, 4) is 0 Å². The Bertz CT molecular complexity index is 427. The summed E-state index contributed by atoms with van der Waals surface area (Å²) in [6.45, 7) is 2.22. The third-order valence-corrected chi connectivity index (χ3v) is 3.36. The standard InChI is InChI=1S/C13H16ClNO2/c1-8-5-10(6-8)15-12-4-3-9(14)7-11(12)13(16)17-2/h3-4,7-8,10,15H,5-6H2,1-2H3. The first-order chi connectivity index (χ1) is 8.10. The second-order valence-corrected chi connectivity index (χ2v) is 5.04. The van der Waals surface area contributed by atoms with Crippen LogP contribution in [0.2, 0.25) is 5.02 Å². The van der Waals surface area contributed by atoms with Crippen LogP contribution in [0.5, 0.6) is 0 Å². The number of hydrogen-bond acceptors (Lipinski definition) is 3. The van der Waals surface area contributed by atoms with E-state index in [1.165, 1.54) is 7.11 Å². The minimum Gasteiger partial charge on any atom is -0.465 e. The Kier molecular flexibility index (Phi) is 3.57. The van der Waals surface area contributed by atoms with Gasteiger partial charge in [-0.3, -0.25) is 0 Å². The van der Waals surface area contributed by atoms with Crippen molar-refractivity contribution in [1.82, 2.24) is 0 Å². The molecule has 0 amide bonds. The quantitative estimate of drug-likeness (QED) is 0.840. The Morgan fingerprint density at radius 3 is 2.76 bits per heavy atom. The fourth-order valence-corrected chi connectivity index (χ4v) is 2.33. The SMILES string of the molecule is COC(=O)c1cc(Cl)ccc1NC1CC(C)C1. The van der Waals surface area contributed by atoms with Gasteiger partial charge in [0.05, 0.1) is 12.7 Å². The molecule has 1 aliphatic rings. The molecule has 0 aliphatic heterocycles. The van der Waals surface area contributed by atoms with Crippen molar-refractivity contribution in [3.05, 3.63) is 28.8 Å². The molecule has 1 aliphatic carbocycles. The molecule has 0 saturated heterocycles. The van der Waals surface area contributed by atoms with Gasteiger partial charge in [-0.15, -0.1) is 0 Å². The van der Waals surface area contributed by atoms with E-state index >= 15 is 0 Å².